The molecule has 0 amide bonds. The molecule has 1 atom stereocenters. The highest BCUT2D eigenvalue weighted by Gasteiger charge is 2.33. The summed E-state index contributed by atoms with van der Waals surface area (Å²) in [5.41, 5.74) is 0.0184. The Bertz CT molecular complexity index is 241. The van der Waals surface area contributed by atoms with E-state index >= 15 is 0 Å². The van der Waals surface area contributed by atoms with Crippen LogP contribution in [-0.4, -0.2) is 37.1 Å². The second-order valence-corrected chi connectivity index (χ2v) is 5.32. The van der Waals surface area contributed by atoms with Gasteiger partial charge in [0.25, 0.3) is 0 Å². The fourth-order valence-corrected chi connectivity index (χ4v) is 1.98. The predicted octanol–water partition coefficient (Wildman–Crippen LogP) is 1.22. The van der Waals surface area contributed by atoms with Crippen molar-refractivity contribution < 1.29 is 0 Å². The molecule has 0 aromatic carbocycles. The number of nitrogens with one attached hydrogen (secondary N) is 1. The van der Waals surface area contributed by atoms with Crippen molar-refractivity contribution >= 4 is 0 Å². The second kappa shape index (κ2) is 3.88. The Labute approximate surface area is 87.1 Å². The molecule has 0 saturated carbocycles. The first-order valence-corrected chi connectivity index (χ1v) is 5.23. The quantitative estimate of drug-likeness (QED) is 0.736. The molecule has 1 saturated heterocycles. The van der Waals surface area contributed by atoms with E-state index in [0.717, 1.165) is 19.6 Å². The van der Waals surface area contributed by atoms with Crippen LogP contribution in [0.5, 0.6) is 0 Å². The Morgan fingerprint density at radius 3 is 2.57 bits per heavy atom. The van der Waals surface area contributed by atoms with Gasteiger partial charge >= 0.3 is 0 Å². The maximum absolute atomic E-state index is 9.04. The molecule has 1 fully saturated rings. The maximum atomic E-state index is 9.04. The van der Waals surface area contributed by atoms with Crippen LogP contribution in [0.1, 0.15) is 27.2 Å². The third-order valence-corrected chi connectivity index (χ3v) is 3.09. The Morgan fingerprint density at radius 2 is 2.21 bits per heavy atom. The fraction of sp³-hybridized carbons (Fsp3) is 0.909. The Hall–Kier alpha value is -0.590. The zero-order chi connectivity index (χ0) is 10.8. The van der Waals surface area contributed by atoms with Crippen LogP contribution >= 0.6 is 0 Å². The van der Waals surface area contributed by atoms with Crippen molar-refractivity contribution in [1.82, 2.24) is 10.2 Å². The summed E-state index contributed by atoms with van der Waals surface area (Å²) in [7, 11) is 1.85. The first-order chi connectivity index (χ1) is 6.41. The third-order valence-electron chi connectivity index (χ3n) is 3.09. The Balaban J connectivity index is 2.51. The number of hydrogen-bond acceptors (Lipinski definition) is 3. The monoisotopic (exact) mass is 195 g/mol. The molecule has 0 aliphatic carbocycles. The van der Waals surface area contributed by atoms with E-state index in [1.54, 1.807) is 0 Å². The molecule has 0 aromatic rings. The van der Waals surface area contributed by atoms with Gasteiger partial charge < -0.3 is 5.32 Å². The van der Waals surface area contributed by atoms with Crippen LogP contribution in [-0.2, 0) is 0 Å². The number of rotatable bonds is 3. The van der Waals surface area contributed by atoms with Crippen LogP contribution in [0.4, 0.5) is 0 Å². The number of likely N-dealkylation sites (N-methyl/N-ethyl adjacent to an activating group) is 1. The molecule has 1 unspecified atom stereocenters. The first-order valence-electron chi connectivity index (χ1n) is 5.23. The maximum Gasteiger partial charge on any atom is 0.116 e. The molecule has 1 rings (SSSR count). The summed E-state index contributed by atoms with van der Waals surface area (Å²) < 4.78 is 0. The smallest absolute Gasteiger partial charge is 0.116 e. The van der Waals surface area contributed by atoms with E-state index in [1.807, 2.05) is 14.0 Å². The van der Waals surface area contributed by atoms with Crippen LogP contribution < -0.4 is 5.32 Å². The lowest BCUT2D eigenvalue weighted by molar-refractivity contribution is 0.243. The molecule has 14 heavy (non-hydrogen) atoms. The topological polar surface area (TPSA) is 39.1 Å². The third kappa shape index (κ3) is 2.70. The van der Waals surface area contributed by atoms with E-state index in [9.17, 15) is 0 Å². The second-order valence-electron chi connectivity index (χ2n) is 5.32. The summed E-state index contributed by atoms with van der Waals surface area (Å²) in [4.78, 5) is 2.37. The van der Waals surface area contributed by atoms with Gasteiger partial charge in [-0.05, 0) is 32.4 Å². The molecule has 80 valence electrons. The van der Waals surface area contributed by atoms with Crippen LogP contribution in [0.3, 0.4) is 0 Å². The van der Waals surface area contributed by atoms with Crippen molar-refractivity contribution in [3.63, 3.8) is 0 Å². The van der Waals surface area contributed by atoms with Gasteiger partial charge in [-0.15, -0.1) is 0 Å². The van der Waals surface area contributed by atoms with Gasteiger partial charge in [0, 0.05) is 13.1 Å². The lowest BCUT2D eigenvalue weighted by Crippen LogP contribution is -2.48. The molecule has 1 heterocycles. The largest absolute Gasteiger partial charge is 0.302 e. The highest BCUT2D eigenvalue weighted by molar-refractivity contribution is 5.06. The molecule has 1 aliphatic rings. The molecule has 0 aromatic heterocycles. The standard InChI is InChI=1S/C11H21N3/c1-10(2)5-6-14(8-10)9-11(3,7-12)13-4/h13H,5-6,8-9H2,1-4H3. The van der Waals surface area contributed by atoms with Crippen LogP contribution in [0.15, 0.2) is 0 Å². The lowest BCUT2D eigenvalue weighted by Gasteiger charge is -2.28. The summed E-state index contributed by atoms with van der Waals surface area (Å²) in [5.74, 6) is 0. The fourth-order valence-electron chi connectivity index (χ4n) is 1.98. The predicted molar refractivity (Wildman–Crippen MR) is 57.9 cm³/mol. The average molecular weight is 195 g/mol. The van der Waals surface area contributed by atoms with Gasteiger partial charge in [0.15, 0.2) is 0 Å². The highest BCUT2D eigenvalue weighted by atomic mass is 15.2. The summed E-state index contributed by atoms with van der Waals surface area (Å²) in [6.07, 6.45) is 1.23. The van der Waals surface area contributed by atoms with Crippen molar-refractivity contribution in [3.05, 3.63) is 0 Å². The van der Waals surface area contributed by atoms with Gasteiger partial charge in [-0.25, -0.2) is 0 Å². The van der Waals surface area contributed by atoms with Crippen LogP contribution in [0, 0.1) is 16.7 Å². The van der Waals surface area contributed by atoms with E-state index in [1.165, 1.54) is 6.42 Å². The average Bonchev–Trinajstić information content (AvgIpc) is 2.45. The Morgan fingerprint density at radius 1 is 1.57 bits per heavy atom. The SMILES string of the molecule is CNC(C)(C#N)CN1CCC(C)(C)C1. The number of likely N-dealkylation sites (tertiary alicyclic amines) is 1. The summed E-state index contributed by atoms with van der Waals surface area (Å²) in [5, 5.41) is 12.1. The van der Waals surface area contributed by atoms with Crippen molar-refractivity contribution in [2.24, 2.45) is 5.41 Å². The van der Waals surface area contributed by atoms with Gasteiger partial charge in [-0.2, -0.15) is 5.26 Å². The van der Waals surface area contributed by atoms with E-state index in [4.69, 9.17) is 5.26 Å². The molecule has 3 heteroatoms. The minimum atomic E-state index is -0.402. The van der Waals surface area contributed by atoms with Crippen LogP contribution in [0.2, 0.25) is 0 Å². The molecule has 0 bridgehead atoms. The van der Waals surface area contributed by atoms with Crippen molar-refractivity contribution in [3.8, 4) is 6.07 Å². The summed E-state index contributed by atoms with van der Waals surface area (Å²) in [6.45, 7) is 9.58. The van der Waals surface area contributed by atoms with Crippen LogP contribution in [0.25, 0.3) is 0 Å². The molecular weight excluding hydrogens is 174 g/mol. The molecule has 3 nitrogen and oxygen atoms in total. The van der Waals surface area contributed by atoms with Gasteiger partial charge in [0.05, 0.1) is 6.07 Å². The van der Waals surface area contributed by atoms with E-state index < -0.39 is 5.54 Å². The number of hydrogen-bond donors (Lipinski definition) is 1. The van der Waals surface area contributed by atoms with Gasteiger partial charge in [0.1, 0.15) is 5.54 Å². The van der Waals surface area contributed by atoms with E-state index in [-0.39, 0.29) is 0 Å². The first kappa shape index (κ1) is 11.5. The minimum Gasteiger partial charge on any atom is -0.302 e. The molecule has 1 aliphatic heterocycles. The highest BCUT2D eigenvalue weighted by Crippen LogP contribution is 2.29. The molecule has 0 radical (unpaired) electrons. The minimum absolute atomic E-state index is 0.402. The van der Waals surface area contributed by atoms with Crippen molar-refractivity contribution in [1.29, 1.82) is 5.26 Å². The zero-order valence-corrected chi connectivity index (χ0v) is 9.72. The lowest BCUT2D eigenvalue weighted by atomic mass is 9.93. The van der Waals surface area contributed by atoms with Crippen molar-refractivity contribution in [2.75, 3.05) is 26.7 Å². The van der Waals surface area contributed by atoms with Gasteiger partial charge in [-0.1, -0.05) is 13.8 Å². The van der Waals surface area contributed by atoms with Gasteiger partial charge in [-0.3, -0.25) is 4.90 Å². The number of nitrogens with zero attached hydrogens (tertiary/aromatic N) is 2. The molecule has 0 spiro atoms. The molecular formula is C11H21N3. The number of nitriles is 1. The zero-order valence-electron chi connectivity index (χ0n) is 9.72. The van der Waals surface area contributed by atoms with E-state index in [2.05, 4.69) is 30.1 Å². The summed E-state index contributed by atoms with van der Waals surface area (Å²) >= 11 is 0. The Kier molecular flexibility index (Phi) is 3.18. The summed E-state index contributed by atoms with van der Waals surface area (Å²) in [6, 6.07) is 2.33. The molecule has 1 N–H and O–H groups in total. The van der Waals surface area contributed by atoms with Gasteiger partial charge in [0.2, 0.25) is 0 Å². The van der Waals surface area contributed by atoms with Crippen molar-refractivity contribution in [2.45, 2.75) is 32.7 Å². The normalized spacial score (nSPS) is 25.6. The van der Waals surface area contributed by atoms with E-state index in [0.29, 0.717) is 5.41 Å².